The lowest BCUT2D eigenvalue weighted by Gasteiger charge is -2.45. The molecule has 5 heteroatoms. The molecule has 1 atom stereocenters. The van der Waals surface area contributed by atoms with E-state index >= 15 is 0 Å². The van der Waals surface area contributed by atoms with Crippen LogP contribution in [-0.2, 0) is 5.41 Å². The summed E-state index contributed by atoms with van der Waals surface area (Å²) in [6.45, 7) is 4.47. The predicted octanol–water partition coefficient (Wildman–Crippen LogP) is 6.21. The summed E-state index contributed by atoms with van der Waals surface area (Å²) >= 11 is 0. The van der Waals surface area contributed by atoms with Gasteiger partial charge in [0.2, 0.25) is 5.72 Å². The maximum Gasteiger partial charge on any atom is 0.211 e. The van der Waals surface area contributed by atoms with Gasteiger partial charge in [-0.15, -0.1) is 0 Å². The largest absolute Gasteiger partial charge is 0.463 e. The first-order valence-corrected chi connectivity index (χ1v) is 10.0. The monoisotopic (exact) mass is 396 g/mol. The van der Waals surface area contributed by atoms with Crippen molar-refractivity contribution < 1.29 is 4.74 Å². The number of rotatable bonds is 2. The molecule has 0 fully saturated rings. The van der Waals surface area contributed by atoms with Crippen LogP contribution in [0.3, 0.4) is 0 Å². The number of nitrogens with zero attached hydrogens (tertiary/aromatic N) is 3. The summed E-state index contributed by atoms with van der Waals surface area (Å²) in [6, 6.07) is 21.7. The van der Waals surface area contributed by atoms with Crippen LogP contribution in [0.15, 0.2) is 83.0 Å². The Morgan fingerprint density at radius 1 is 0.900 bits per heavy atom. The summed E-state index contributed by atoms with van der Waals surface area (Å²) < 4.78 is 6.67. The molecule has 2 N–H and O–H groups in total. The van der Waals surface area contributed by atoms with Crippen LogP contribution in [0.2, 0.25) is 0 Å². The number of benzene rings is 3. The summed E-state index contributed by atoms with van der Waals surface area (Å²) in [6.07, 6.45) is 4.29. The topological polar surface area (TPSA) is 63.2 Å². The molecule has 1 unspecified atom stereocenters. The first kappa shape index (κ1) is 18.4. The van der Waals surface area contributed by atoms with Crippen molar-refractivity contribution in [2.75, 3.05) is 17.7 Å². The third-order valence-corrected chi connectivity index (χ3v) is 6.25. The fourth-order valence-electron chi connectivity index (χ4n) is 4.48. The Labute approximate surface area is 176 Å². The molecular weight excluding hydrogens is 372 g/mol. The quantitative estimate of drug-likeness (QED) is 0.413. The zero-order valence-electron chi connectivity index (χ0n) is 17.3. The van der Waals surface area contributed by atoms with E-state index in [2.05, 4.69) is 72.4 Å². The van der Waals surface area contributed by atoms with Gasteiger partial charge in [-0.05, 0) is 80.1 Å². The van der Waals surface area contributed by atoms with Crippen LogP contribution in [0.4, 0.5) is 22.7 Å². The van der Waals surface area contributed by atoms with Gasteiger partial charge < -0.3 is 15.4 Å². The molecule has 0 bridgehead atoms. The zero-order valence-corrected chi connectivity index (χ0v) is 17.3. The van der Waals surface area contributed by atoms with E-state index < -0.39 is 5.72 Å². The van der Waals surface area contributed by atoms with E-state index in [0.717, 1.165) is 22.7 Å². The van der Waals surface area contributed by atoms with Crippen LogP contribution in [0.5, 0.6) is 5.75 Å². The van der Waals surface area contributed by atoms with Gasteiger partial charge in [0.05, 0.1) is 16.8 Å². The number of likely N-dealkylation sites (N-methyl/N-ethyl adjacent to an activating group) is 1. The first-order valence-electron chi connectivity index (χ1n) is 10.0. The second kappa shape index (κ2) is 6.46. The first-order chi connectivity index (χ1) is 14.4. The second-order valence-electron chi connectivity index (χ2n) is 8.35. The second-order valence-corrected chi connectivity index (χ2v) is 8.35. The van der Waals surface area contributed by atoms with E-state index in [1.54, 1.807) is 0 Å². The van der Waals surface area contributed by atoms with Crippen molar-refractivity contribution in [3.05, 3.63) is 83.9 Å². The van der Waals surface area contributed by atoms with Crippen molar-refractivity contribution in [1.29, 1.82) is 0 Å². The third kappa shape index (κ3) is 2.62. The van der Waals surface area contributed by atoms with Gasteiger partial charge in [-0.2, -0.15) is 10.2 Å². The minimum absolute atomic E-state index is 0.208. The highest BCUT2D eigenvalue weighted by molar-refractivity contribution is 5.73. The van der Waals surface area contributed by atoms with Gasteiger partial charge >= 0.3 is 0 Å². The fourth-order valence-corrected chi connectivity index (χ4v) is 4.48. The van der Waals surface area contributed by atoms with Crippen LogP contribution in [0, 0.1) is 0 Å². The molecular formula is C25H24N4O. The molecule has 0 saturated carbocycles. The van der Waals surface area contributed by atoms with Crippen LogP contribution in [-0.4, -0.2) is 12.8 Å². The number of para-hydroxylation sites is 1. The number of nitrogens with two attached hydrogens (primary N) is 1. The average molecular weight is 396 g/mol. The SMILES string of the molecule is CN1c2ccccc2C(C)(C)C12C=Cc1cc(N=Nc3ccc(N)cc3)ccc1O2. The molecule has 2 aliphatic rings. The lowest BCUT2D eigenvalue weighted by molar-refractivity contribution is 0.0582. The Kier molecular flexibility index (Phi) is 3.97. The van der Waals surface area contributed by atoms with Crippen LogP contribution in [0.1, 0.15) is 25.0 Å². The molecule has 1 spiro atoms. The van der Waals surface area contributed by atoms with E-state index in [1.165, 1.54) is 11.3 Å². The number of fused-ring (bicyclic) bond motifs is 2. The van der Waals surface area contributed by atoms with E-state index in [1.807, 2.05) is 42.5 Å². The van der Waals surface area contributed by atoms with E-state index in [9.17, 15) is 0 Å². The van der Waals surface area contributed by atoms with Crippen LogP contribution in [0.25, 0.3) is 6.08 Å². The molecule has 30 heavy (non-hydrogen) atoms. The number of hydrogen-bond donors (Lipinski definition) is 1. The van der Waals surface area contributed by atoms with Gasteiger partial charge in [-0.25, -0.2) is 0 Å². The Hall–Kier alpha value is -3.60. The van der Waals surface area contributed by atoms with Crippen molar-refractivity contribution in [3.8, 4) is 5.75 Å². The van der Waals surface area contributed by atoms with Gasteiger partial charge in [0, 0.05) is 24.0 Å². The maximum atomic E-state index is 6.67. The zero-order chi connectivity index (χ0) is 20.9. The Morgan fingerprint density at radius 2 is 1.60 bits per heavy atom. The highest BCUT2D eigenvalue weighted by Crippen LogP contribution is 2.54. The van der Waals surface area contributed by atoms with Crippen molar-refractivity contribution in [2.24, 2.45) is 10.2 Å². The molecule has 3 aromatic rings. The Bertz CT molecular complexity index is 1180. The third-order valence-electron chi connectivity index (χ3n) is 6.25. The van der Waals surface area contributed by atoms with Crippen molar-refractivity contribution in [1.82, 2.24) is 0 Å². The lowest BCUT2D eigenvalue weighted by atomic mass is 9.76. The van der Waals surface area contributed by atoms with E-state index in [0.29, 0.717) is 5.69 Å². The van der Waals surface area contributed by atoms with Crippen LogP contribution < -0.4 is 15.4 Å². The van der Waals surface area contributed by atoms with Crippen molar-refractivity contribution in [3.63, 3.8) is 0 Å². The summed E-state index contributed by atoms with van der Waals surface area (Å²) in [5, 5.41) is 8.66. The minimum atomic E-state index is -0.573. The van der Waals surface area contributed by atoms with E-state index in [4.69, 9.17) is 10.5 Å². The molecule has 5 rings (SSSR count). The lowest BCUT2D eigenvalue weighted by Crippen LogP contribution is -2.58. The van der Waals surface area contributed by atoms with Gasteiger partial charge in [0.1, 0.15) is 5.75 Å². The van der Waals surface area contributed by atoms with Gasteiger partial charge in [-0.1, -0.05) is 18.2 Å². The summed E-state index contributed by atoms with van der Waals surface area (Å²) in [5.74, 6) is 0.844. The average Bonchev–Trinajstić information content (AvgIpc) is 2.92. The highest BCUT2D eigenvalue weighted by atomic mass is 16.5. The van der Waals surface area contributed by atoms with Crippen molar-refractivity contribution >= 4 is 28.8 Å². The molecule has 2 heterocycles. The molecule has 150 valence electrons. The van der Waals surface area contributed by atoms with Gasteiger partial charge in [-0.3, -0.25) is 0 Å². The molecule has 2 aliphatic heterocycles. The number of anilines is 2. The maximum absolute atomic E-state index is 6.67. The number of ether oxygens (including phenoxy) is 1. The number of hydrogen-bond acceptors (Lipinski definition) is 5. The molecule has 0 radical (unpaired) electrons. The summed E-state index contributed by atoms with van der Waals surface area (Å²) in [4.78, 5) is 2.23. The van der Waals surface area contributed by atoms with Gasteiger partial charge in [0.15, 0.2) is 0 Å². The number of azo groups is 1. The molecule has 0 saturated heterocycles. The smallest absolute Gasteiger partial charge is 0.211 e. The minimum Gasteiger partial charge on any atom is -0.463 e. The van der Waals surface area contributed by atoms with Crippen LogP contribution >= 0.6 is 0 Å². The van der Waals surface area contributed by atoms with E-state index in [-0.39, 0.29) is 5.41 Å². The summed E-state index contributed by atoms with van der Waals surface area (Å²) in [5.41, 5.74) is 10.7. The molecule has 0 amide bonds. The molecule has 3 aromatic carbocycles. The molecule has 5 nitrogen and oxygen atoms in total. The Balaban J connectivity index is 1.47. The highest BCUT2D eigenvalue weighted by Gasteiger charge is 2.57. The Morgan fingerprint density at radius 3 is 2.37 bits per heavy atom. The fraction of sp³-hybridized carbons (Fsp3) is 0.200. The molecule has 0 aromatic heterocycles. The number of nitrogen functional groups attached to an aromatic ring is 1. The predicted molar refractivity (Wildman–Crippen MR) is 122 cm³/mol. The van der Waals surface area contributed by atoms with Gasteiger partial charge in [0.25, 0.3) is 0 Å². The molecule has 0 aliphatic carbocycles. The van der Waals surface area contributed by atoms with Crippen molar-refractivity contribution in [2.45, 2.75) is 25.0 Å². The normalized spacial score (nSPS) is 21.0. The standard InChI is InChI=1S/C25H24N4O/c1-24(2)21-6-4-5-7-22(21)29(3)25(24)15-14-17-16-20(12-13-23(17)30-25)28-27-19-10-8-18(26)9-11-19/h4-16H,26H2,1-3H3. The summed E-state index contributed by atoms with van der Waals surface area (Å²) in [7, 11) is 2.10.